The molecular formula is C12H12N2O3. The van der Waals surface area contributed by atoms with Crippen LogP contribution in [-0.2, 0) is 4.74 Å². The molecule has 1 aromatic heterocycles. The van der Waals surface area contributed by atoms with E-state index in [0.29, 0.717) is 10.8 Å². The minimum absolute atomic E-state index is 0.133. The lowest BCUT2D eigenvalue weighted by molar-refractivity contribution is 0.0372. The molecule has 2 aromatic rings. The van der Waals surface area contributed by atoms with E-state index in [0.717, 1.165) is 0 Å². The van der Waals surface area contributed by atoms with E-state index in [-0.39, 0.29) is 17.4 Å². The van der Waals surface area contributed by atoms with E-state index in [1.807, 2.05) is 0 Å². The summed E-state index contributed by atoms with van der Waals surface area (Å²) >= 11 is 0. The van der Waals surface area contributed by atoms with Crippen molar-refractivity contribution < 1.29 is 9.53 Å². The summed E-state index contributed by atoms with van der Waals surface area (Å²) < 4.78 is 5.06. The van der Waals surface area contributed by atoms with Crippen LogP contribution in [0.5, 0.6) is 0 Å². The summed E-state index contributed by atoms with van der Waals surface area (Å²) in [5, 5.41) is 6.97. The summed E-state index contributed by atoms with van der Waals surface area (Å²) in [6.07, 6.45) is -0.227. The number of rotatable bonds is 2. The maximum Gasteiger partial charge on any atom is 0.359 e. The summed E-state index contributed by atoms with van der Waals surface area (Å²) in [7, 11) is 0. The molecular weight excluding hydrogens is 220 g/mol. The zero-order valence-electron chi connectivity index (χ0n) is 9.56. The number of H-pyrrole nitrogens is 1. The van der Waals surface area contributed by atoms with Crippen molar-refractivity contribution >= 4 is 16.7 Å². The van der Waals surface area contributed by atoms with E-state index in [9.17, 15) is 9.59 Å². The van der Waals surface area contributed by atoms with E-state index in [1.165, 1.54) is 0 Å². The molecule has 0 saturated carbocycles. The molecule has 0 amide bonds. The molecule has 0 aliphatic carbocycles. The Balaban J connectivity index is 2.59. The molecule has 1 aromatic carbocycles. The van der Waals surface area contributed by atoms with Gasteiger partial charge in [-0.2, -0.15) is 5.10 Å². The van der Waals surface area contributed by atoms with Gasteiger partial charge in [0.15, 0.2) is 5.69 Å². The van der Waals surface area contributed by atoms with Gasteiger partial charge in [0.2, 0.25) is 0 Å². The zero-order valence-corrected chi connectivity index (χ0v) is 9.56. The molecule has 0 fully saturated rings. The summed E-state index contributed by atoms with van der Waals surface area (Å²) in [6, 6.07) is 6.79. The molecule has 0 unspecified atom stereocenters. The van der Waals surface area contributed by atoms with Crippen LogP contribution in [0.25, 0.3) is 10.8 Å². The normalized spacial score (nSPS) is 10.8. The minimum Gasteiger partial charge on any atom is -0.458 e. The Hall–Kier alpha value is -2.17. The molecule has 0 aliphatic rings. The first-order valence-electron chi connectivity index (χ1n) is 5.28. The lowest BCUT2D eigenvalue weighted by Gasteiger charge is -2.08. The van der Waals surface area contributed by atoms with Crippen LogP contribution in [0.1, 0.15) is 24.3 Å². The Labute approximate surface area is 97.4 Å². The smallest absolute Gasteiger partial charge is 0.359 e. The highest BCUT2D eigenvalue weighted by Gasteiger charge is 2.16. The molecule has 88 valence electrons. The van der Waals surface area contributed by atoms with Gasteiger partial charge in [-0.15, -0.1) is 0 Å². The maximum absolute atomic E-state index is 11.8. The number of nitrogens with zero attached hydrogens (tertiary/aromatic N) is 1. The Kier molecular flexibility index (Phi) is 2.91. The number of carbonyl (C=O) groups is 1. The van der Waals surface area contributed by atoms with Crippen LogP contribution in [0.4, 0.5) is 0 Å². The van der Waals surface area contributed by atoms with E-state index >= 15 is 0 Å². The molecule has 1 N–H and O–H groups in total. The van der Waals surface area contributed by atoms with Crippen molar-refractivity contribution in [3.63, 3.8) is 0 Å². The molecule has 0 saturated heterocycles. The van der Waals surface area contributed by atoms with Crippen LogP contribution in [0.15, 0.2) is 29.1 Å². The van der Waals surface area contributed by atoms with Gasteiger partial charge in [-0.3, -0.25) is 4.79 Å². The van der Waals surface area contributed by atoms with Crippen molar-refractivity contribution in [2.24, 2.45) is 0 Å². The fraction of sp³-hybridized carbons (Fsp3) is 0.250. The number of carbonyl (C=O) groups excluding carboxylic acids is 1. The molecule has 0 aliphatic heterocycles. The summed E-state index contributed by atoms with van der Waals surface area (Å²) in [4.78, 5) is 23.3. The van der Waals surface area contributed by atoms with Gasteiger partial charge in [0.1, 0.15) is 0 Å². The van der Waals surface area contributed by atoms with E-state index in [4.69, 9.17) is 4.74 Å². The van der Waals surface area contributed by atoms with E-state index in [2.05, 4.69) is 10.2 Å². The Morgan fingerprint density at radius 2 is 1.94 bits per heavy atom. The van der Waals surface area contributed by atoms with Crippen LogP contribution in [0.2, 0.25) is 0 Å². The molecule has 5 heteroatoms. The van der Waals surface area contributed by atoms with Gasteiger partial charge in [-0.1, -0.05) is 18.2 Å². The minimum atomic E-state index is -0.535. The molecule has 2 rings (SSSR count). The average molecular weight is 232 g/mol. The molecule has 0 radical (unpaired) electrons. The van der Waals surface area contributed by atoms with Gasteiger partial charge in [0.05, 0.1) is 11.5 Å². The van der Waals surface area contributed by atoms with Gasteiger partial charge in [0.25, 0.3) is 5.56 Å². The SMILES string of the molecule is CC(C)OC(=O)c1n[nH]c(=O)c2ccccc12. The zero-order chi connectivity index (χ0) is 12.4. The highest BCUT2D eigenvalue weighted by molar-refractivity contribution is 6.02. The highest BCUT2D eigenvalue weighted by atomic mass is 16.5. The van der Waals surface area contributed by atoms with Crippen molar-refractivity contribution in [2.75, 3.05) is 0 Å². The lowest BCUT2D eigenvalue weighted by atomic mass is 10.1. The number of esters is 1. The second-order valence-corrected chi connectivity index (χ2v) is 3.90. The van der Waals surface area contributed by atoms with Crippen molar-refractivity contribution in [1.82, 2.24) is 10.2 Å². The van der Waals surface area contributed by atoms with Crippen molar-refractivity contribution in [2.45, 2.75) is 20.0 Å². The Morgan fingerprint density at radius 1 is 1.29 bits per heavy atom. The Bertz CT molecular complexity index is 616. The number of nitrogens with one attached hydrogen (secondary N) is 1. The first-order valence-corrected chi connectivity index (χ1v) is 5.28. The van der Waals surface area contributed by atoms with Gasteiger partial charge in [-0.25, -0.2) is 9.89 Å². The second kappa shape index (κ2) is 4.37. The summed E-state index contributed by atoms with van der Waals surface area (Å²) in [5.74, 6) is -0.535. The molecule has 0 spiro atoms. The monoisotopic (exact) mass is 232 g/mol. The first-order chi connectivity index (χ1) is 8.09. The van der Waals surface area contributed by atoms with Gasteiger partial charge < -0.3 is 4.74 Å². The first kappa shape index (κ1) is 11.3. The summed E-state index contributed by atoms with van der Waals surface area (Å²) in [5.41, 5.74) is -0.185. The highest BCUT2D eigenvalue weighted by Crippen LogP contribution is 2.13. The number of hydrogen-bond acceptors (Lipinski definition) is 4. The van der Waals surface area contributed by atoms with Gasteiger partial charge in [0, 0.05) is 5.39 Å². The second-order valence-electron chi connectivity index (χ2n) is 3.90. The number of fused-ring (bicyclic) bond motifs is 1. The van der Waals surface area contributed by atoms with Crippen LogP contribution < -0.4 is 5.56 Å². The average Bonchev–Trinajstić information content (AvgIpc) is 2.29. The quantitative estimate of drug-likeness (QED) is 0.796. The Morgan fingerprint density at radius 3 is 2.59 bits per heavy atom. The third kappa shape index (κ3) is 2.18. The molecule has 17 heavy (non-hydrogen) atoms. The lowest BCUT2D eigenvalue weighted by Crippen LogP contribution is -2.18. The van der Waals surface area contributed by atoms with Crippen LogP contribution in [0.3, 0.4) is 0 Å². The van der Waals surface area contributed by atoms with Gasteiger partial charge >= 0.3 is 5.97 Å². The molecule has 0 atom stereocenters. The van der Waals surface area contributed by atoms with Crippen LogP contribution in [0, 0.1) is 0 Å². The third-order valence-electron chi connectivity index (χ3n) is 2.23. The van der Waals surface area contributed by atoms with E-state index in [1.54, 1.807) is 38.1 Å². The molecule has 1 heterocycles. The van der Waals surface area contributed by atoms with Crippen LogP contribution >= 0.6 is 0 Å². The number of benzene rings is 1. The van der Waals surface area contributed by atoms with Crippen molar-refractivity contribution in [3.05, 3.63) is 40.3 Å². The molecule has 0 bridgehead atoms. The topological polar surface area (TPSA) is 72.0 Å². The standard InChI is InChI=1S/C12H12N2O3/c1-7(2)17-12(16)10-8-5-3-4-6-9(8)11(15)14-13-10/h3-7H,1-2H3,(H,14,15). The van der Waals surface area contributed by atoms with Crippen molar-refractivity contribution in [1.29, 1.82) is 0 Å². The largest absolute Gasteiger partial charge is 0.458 e. The fourth-order valence-corrected chi connectivity index (χ4v) is 1.54. The third-order valence-corrected chi connectivity index (χ3v) is 2.23. The number of ether oxygens (including phenoxy) is 1. The van der Waals surface area contributed by atoms with E-state index < -0.39 is 5.97 Å². The fourth-order valence-electron chi connectivity index (χ4n) is 1.54. The number of aromatic amines is 1. The van der Waals surface area contributed by atoms with Gasteiger partial charge in [-0.05, 0) is 19.9 Å². The maximum atomic E-state index is 11.8. The van der Waals surface area contributed by atoms with Crippen molar-refractivity contribution in [3.8, 4) is 0 Å². The summed E-state index contributed by atoms with van der Waals surface area (Å²) in [6.45, 7) is 3.51. The predicted molar refractivity (Wildman–Crippen MR) is 62.9 cm³/mol. The van der Waals surface area contributed by atoms with Crippen LogP contribution in [-0.4, -0.2) is 22.3 Å². The molecule has 5 nitrogen and oxygen atoms in total. The predicted octanol–water partition coefficient (Wildman–Crippen LogP) is 1.49. The number of hydrogen-bond donors (Lipinski definition) is 1. The number of aromatic nitrogens is 2.